The maximum absolute atomic E-state index is 12.6. The zero-order valence-corrected chi connectivity index (χ0v) is 16.2. The quantitative estimate of drug-likeness (QED) is 0.778. The van der Waals surface area contributed by atoms with Crippen LogP contribution in [0.1, 0.15) is 43.2 Å². The van der Waals surface area contributed by atoms with E-state index in [1.165, 1.54) is 18.1 Å². The van der Waals surface area contributed by atoms with Gasteiger partial charge in [-0.05, 0) is 66.6 Å². The SMILES string of the molecule is COc1ccc2c(c1)CCCC2CC(=O)Nc1cc(NC(C)=O)ccc1Cl. The van der Waals surface area contributed by atoms with Gasteiger partial charge in [-0.25, -0.2) is 0 Å². The summed E-state index contributed by atoms with van der Waals surface area (Å²) in [4.78, 5) is 23.8. The fourth-order valence-electron chi connectivity index (χ4n) is 3.56. The minimum atomic E-state index is -0.177. The summed E-state index contributed by atoms with van der Waals surface area (Å²) in [6, 6.07) is 11.1. The molecular formula is C21H23ClN2O3. The first kappa shape index (κ1) is 19.2. The number of halogens is 1. The smallest absolute Gasteiger partial charge is 0.225 e. The number of ether oxygens (including phenoxy) is 1. The molecule has 1 atom stereocenters. The second-order valence-corrected chi connectivity index (χ2v) is 7.19. The molecule has 0 saturated heterocycles. The van der Waals surface area contributed by atoms with Crippen LogP contribution in [0.15, 0.2) is 36.4 Å². The molecule has 1 unspecified atom stereocenters. The molecule has 1 aliphatic carbocycles. The van der Waals surface area contributed by atoms with E-state index in [-0.39, 0.29) is 17.7 Å². The zero-order valence-electron chi connectivity index (χ0n) is 15.5. The summed E-state index contributed by atoms with van der Waals surface area (Å²) in [5.74, 6) is 0.756. The third-order valence-corrected chi connectivity index (χ3v) is 5.11. The van der Waals surface area contributed by atoms with Crippen molar-refractivity contribution in [3.8, 4) is 5.75 Å². The lowest BCUT2D eigenvalue weighted by molar-refractivity contribution is -0.116. The normalized spacial score (nSPS) is 15.6. The number of hydrogen-bond acceptors (Lipinski definition) is 3. The summed E-state index contributed by atoms with van der Waals surface area (Å²) < 4.78 is 5.30. The minimum absolute atomic E-state index is 0.0921. The average molecular weight is 387 g/mol. The van der Waals surface area contributed by atoms with Gasteiger partial charge in [0.2, 0.25) is 11.8 Å². The van der Waals surface area contributed by atoms with E-state index in [1.54, 1.807) is 25.3 Å². The molecule has 0 heterocycles. The highest BCUT2D eigenvalue weighted by Crippen LogP contribution is 2.36. The molecule has 3 rings (SSSR count). The molecular weight excluding hydrogens is 364 g/mol. The Kier molecular flexibility index (Phi) is 6.01. The van der Waals surface area contributed by atoms with Gasteiger partial charge < -0.3 is 15.4 Å². The Morgan fingerprint density at radius 2 is 2.00 bits per heavy atom. The number of fused-ring (bicyclic) bond motifs is 1. The van der Waals surface area contributed by atoms with Gasteiger partial charge in [-0.15, -0.1) is 0 Å². The lowest BCUT2D eigenvalue weighted by Crippen LogP contribution is -2.19. The lowest BCUT2D eigenvalue weighted by Gasteiger charge is -2.25. The van der Waals surface area contributed by atoms with Crippen molar-refractivity contribution >= 4 is 34.8 Å². The summed E-state index contributed by atoms with van der Waals surface area (Å²) in [7, 11) is 1.66. The first-order valence-corrected chi connectivity index (χ1v) is 9.38. The lowest BCUT2D eigenvalue weighted by atomic mass is 9.81. The van der Waals surface area contributed by atoms with E-state index in [9.17, 15) is 9.59 Å². The van der Waals surface area contributed by atoms with E-state index in [0.29, 0.717) is 22.8 Å². The van der Waals surface area contributed by atoms with Crippen LogP contribution in [-0.4, -0.2) is 18.9 Å². The summed E-state index contributed by atoms with van der Waals surface area (Å²) in [6.45, 7) is 1.43. The summed E-state index contributed by atoms with van der Waals surface area (Å²) >= 11 is 6.19. The van der Waals surface area contributed by atoms with Gasteiger partial charge in [0.1, 0.15) is 5.75 Å². The van der Waals surface area contributed by atoms with Crippen LogP contribution in [0.5, 0.6) is 5.75 Å². The Bertz CT molecular complexity index is 867. The van der Waals surface area contributed by atoms with Crippen molar-refractivity contribution in [1.29, 1.82) is 0 Å². The minimum Gasteiger partial charge on any atom is -0.497 e. The van der Waals surface area contributed by atoms with Crippen LogP contribution in [0.2, 0.25) is 5.02 Å². The van der Waals surface area contributed by atoms with Gasteiger partial charge in [0.25, 0.3) is 0 Å². The number of rotatable bonds is 5. The standard InChI is InChI=1S/C21H23ClN2O3/c1-13(25)23-16-6-9-19(22)20(12-16)24-21(26)11-15-5-3-4-14-10-17(27-2)7-8-18(14)15/h6-10,12,15H,3-5,11H2,1-2H3,(H,23,25)(H,24,26). The molecule has 0 aliphatic heterocycles. The number of aryl methyl sites for hydroxylation is 1. The topological polar surface area (TPSA) is 67.4 Å². The first-order valence-electron chi connectivity index (χ1n) is 9.00. The van der Waals surface area contributed by atoms with Crippen LogP contribution >= 0.6 is 11.6 Å². The van der Waals surface area contributed by atoms with Crippen molar-refractivity contribution < 1.29 is 14.3 Å². The molecule has 0 aromatic heterocycles. The van der Waals surface area contributed by atoms with E-state index in [0.717, 1.165) is 25.0 Å². The molecule has 6 heteroatoms. The highest BCUT2D eigenvalue weighted by Gasteiger charge is 2.23. The summed E-state index contributed by atoms with van der Waals surface area (Å²) in [6.07, 6.45) is 3.43. The number of amides is 2. The number of nitrogens with one attached hydrogen (secondary N) is 2. The van der Waals surface area contributed by atoms with E-state index < -0.39 is 0 Å². The van der Waals surface area contributed by atoms with Gasteiger partial charge in [-0.2, -0.15) is 0 Å². The van der Waals surface area contributed by atoms with Crippen molar-refractivity contribution in [2.75, 3.05) is 17.7 Å². The fourth-order valence-corrected chi connectivity index (χ4v) is 3.72. The Morgan fingerprint density at radius 1 is 1.19 bits per heavy atom. The number of methoxy groups -OCH3 is 1. The van der Waals surface area contributed by atoms with Gasteiger partial charge in [-0.3, -0.25) is 9.59 Å². The van der Waals surface area contributed by atoms with Crippen molar-refractivity contribution in [2.45, 2.75) is 38.5 Å². The Hall–Kier alpha value is -2.53. The summed E-state index contributed by atoms with van der Waals surface area (Å²) in [5.41, 5.74) is 3.57. The highest BCUT2D eigenvalue weighted by atomic mass is 35.5. The van der Waals surface area contributed by atoms with Crippen molar-refractivity contribution in [1.82, 2.24) is 0 Å². The highest BCUT2D eigenvalue weighted by molar-refractivity contribution is 6.33. The second-order valence-electron chi connectivity index (χ2n) is 6.78. The molecule has 1 aliphatic rings. The predicted molar refractivity (Wildman–Crippen MR) is 108 cm³/mol. The molecule has 2 aromatic rings. The van der Waals surface area contributed by atoms with Gasteiger partial charge in [0, 0.05) is 19.0 Å². The maximum atomic E-state index is 12.6. The Balaban J connectivity index is 1.71. The average Bonchev–Trinajstić information content (AvgIpc) is 2.63. The number of carbonyl (C=O) groups excluding carboxylic acids is 2. The van der Waals surface area contributed by atoms with Gasteiger partial charge >= 0.3 is 0 Å². The third kappa shape index (κ3) is 4.80. The molecule has 2 aromatic carbocycles. The first-order chi connectivity index (χ1) is 13.0. The zero-order chi connectivity index (χ0) is 19.4. The second kappa shape index (κ2) is 8.44. The molecule has 5 nitrogen and oxygen atoms in total. The Labute approximate surface area is 164 Å². The Morgan fingerprint density at radius 3 is 2.74 bits per heavy atom. The number of benzene rings is 2. The number of carbonyl (C=O) groups is 2. The molecule has 0 spiro atoms. The molecule has 0 saturated carbocycles. The summed E-state index contributed by atoms with van der Waals surface area (Å²) in [5, 5.41) is 6.00. The molecule has 27 heavy (non-hydrogen) atoms. The van der Waals surface area contributed by atoms with Gasteiger partial charge in [-0.1, -0.05) is 17.7 Å². The third-order valence-electron chi connectivity index (χ3n) is 4.78. The largest absolute Gasteiger partial charge is 0.497 e. The van der Waals surface area contributed by atoms with E-state index in [2.05, 4.69) is 22.8 Å². The maximum Gasteiger partial charge on any atom is 0.225 e. The van der Waals surface area contributed by atoms with E-state index >= 15 is 0 Å². The van der Waals surface area contributed by atoms with Crippen LogP contribution in [0.25, 0.3) is 0 Å². The van der Waals surface area contributed by atoms with E-state index in [4.69, 9.17) is 16.3 Å². The molecule has 2 amide bonds. The van der Waals surface area contributed by atoms with Crippen LogP contribution in [0.3, 0.4) is 0 Å². The van der Waals surface area contributed by atoms with Gasteiger partial charge in [0.15, 0.2) is 0 Å². The van der Waals surface area contributed by atoms with Crippen LogP contribution in [0.4, 0.5) is 11.4 Å². The molecule has 2 N–H and O–H groups in total. The van der Waals surface area contributed by atoms with Gasteiger partial charge in [0.05, 0.1) is 17.8 Å². The van der Waals surface area contributed by atoms with Crippen molar-refractivity contribution in [2.24, 2.45) is 0 Å². The predicted octanol–water partition coefficient (Wildman–Crippen LogP) is 4.76. The fraction of sp³-hybridized carbons (Fsp3) is 0.333. The monoisotopic (exact) mass is 386 g/mol. The molecule has 142 valence electrons. The number of hydrogen-bond donors (Lipinski definition) is 2. The van der Waals surface area contributed by atoms with Crippen molar-refractivity contribution in [3.05, 3.63) is 52.5 Å². The molecule has 0 bridgehead atoms. The van der Waals surface area contributed by atoms with Crippen molar-refractivity contribution in [3.63, 3.8) is 0 Å². The van der Waals surface area contributed by atoms with Crippen LogP contribution in [0, 0.1) is 0 Å². The molecule has 0 radical (unpaired) electrons. The van der Waals surface area contributed by atoms with E-state index in [1.807, 2.05) is 6.07 Å². The number of anilines is 2. The van der Waals surface area contributed by atoms with Crippen LogP contribution in [-0.2, 0) is 16.0 Å². The molecule has 0 fully saturated rings. The van der Waals surface area contributed by atoms with Crippen LogP contribution < -0.4 is 15.4 Å².